The molecule has 0 aliphatic heterocycles. The minimum atomic E-state index is 0. The third-order valence-corrected chi connectivity index (χ3v) is 1.51. The molecule has 0 fully saturated rings. The lowest BCUT2D eigenvalue weighted by Crippen LogP contribution is -2.24. The van der Waals surface area contributed by atoms with Crippen LogP contribution in [0.4, 0.5) is 0 Å². The largest absolute Gasteiger partial charge is 0.303 e. The van der Waals surface area contributed by atoms with Crippen molar-refractivity contribution in [1.29, 1.82) is 0 Å². The van der Waals surface area contributed by atoms with Crippen LogP contribution in [0.15, 0.2) is 0 Å². The minimum Gasteiger partial charge on any atom is -0.303 e. The SMILES string of the molecule is B.CCN(CC)CCS. The average Bonchev–Trinajstić information content (AvgIpc) is 1.83. The van der Waals surface area contributed by atoms with Crippen molar-refractivity contribution in [1.82, 2.24) is 4.90 Å². The first-order valence-corrected chi connectivity index (χ1v) is 3.81. The summed E-state index contributed by atoms with van der Waals surface area (Å²) in [6.07, 6.45) is 0. The third-order valence-electron chi connectivity index (χ3n) is 1.31. The smallest absolute Gasteiger partial charge is 0.0814 e. The summed E-state index contributed by atoms with van der Waals surface area (Å²) in [5.41, 5.74) is 0. The second kappa shape index (κ2) is 8.37. The Morgan fingerprint density at radius 3 is 1.78 bits per heavy atom. The summed E-state index contributed by atoms with van der Waals surface area (Å²) in [7, 11) is 0. The zero-order valence-corrected chi connectivity index (χ0v) is 6.62. The highest BCUT2D eigenvalue weighted by atomic mass is 32.1. The van der Waals surface area contributed by atoms with E-state index >= 15 is 0 Å². The van der Waals surface area contributed by atoms with Crippen molar-refractivity contribution >= 4 is 21.0 Å². The lowest BCUT2D eigenvalue weighted by Gasteiger charge is -2.15. The van der Waals surface area contributed by atoms with E-state index in [1.165, 1.54) is 0 Å². The average molecular weight is 147 g/mol. The van der Waals surface area contributed by atoms with Crippen molar-refractivity contribution in [3.05, 3.63) is 0 Å². The number of rotatable bonds is 4. The van der Waals surface area contributed by atoms with E-state index in [0.717, 1.165) is 25.4 Å². The van der Waals surface area contributed by atoms with E-state index in [1.807, 2.05) is 0 Å². The van der Waals surface area contributed by atoms with Crippen LogP contribution >= 0.6 is 12.6 Å². The molecule has 0 saturated heterocycles. The highest BCUT2D eigenvalue weighted by Crippen LogP contribution is 1.86. The zero-order valence-electron chi connectivity index (χ0n) is 5.72. The summed E-state index contributed by atoms with van der Waals surface area (Å²) in [4.78, 5) is 2.35. The van der Waals surface area contributed by atoms with Crippen molar-refractivity contribution in [3.8, 4) is 0 Å². The first-order valence-electron chi connectivity index (χ1n) is 3.18. The number of thiol groups is 1. The lowest BCUT2D eigenvalue weighted by atomic mass is 10.5. The minimum absolute atomic E-state index is 0. The van der Waals surface area contributed by atoms with Gasteiger partial charge in [-0.25, -0.2) is 0 Å². The van der Waals surface area contributed by atoms with Gasteiger partial charge >= 0.3 is 0 Å². The predicted octanol–water partition coefficient (Wildman–Crippen LogP) is 0.0741. The van der Waals surface area contributed by atoms with Crippen molar-refractivity contribution in [3.63, 3.8) is 0 Å². The van der Waals surface area contributed by atoms with Crippen LogP contribution in [0, 0.1) is 0 Å². The molecule has 0 atom stereocenters. The van der Waals surface area contributed by atoms with Gasteiger partial charge < -0.3 is 4.90 Å². The summed E-state index contributed by atoms with van der Waals surface area (Å²) in [6.45, 7) is 7.77. The maximum atomic E-state index is 4.13. The fraction of sp³-hybridized carbons (Fsp3) is 1.00. The Morgan fingerprint density at radius 2 is 1.67 bits per heavy atom. The van der Waals surface area contributed by atoms with Gasteiger partial charge in [0.25, 0.3) is 0 Å². The molecular formula is C6H18BNS. The van der Waals surface area contributed by atoms with E-state index in [0.29, 0.717) is 0 Å². The van der Waals surface area contributed by atoms with Crippen LogP contribution in [-0.2, 0) is 0 Å². The van der Waals surface area contributed by atoms with Crippen molar-refractivity contribution in [2.45, 2.75) is 13.8 Å². The number of hydrogen-bond donors (Lipinski definition) is 1. The van der Waals surface area contributed by atoms with Crippen LogP contribution in [-0.4, -0.2) is 38.7 Å². The molecule has 0 aromatic heterocycles. The molecule has 0 aromatic carbocycles. The molecule has 0 heterocycles. The van der Waals surface area contributed by atoms with Gasteiger partial charge in [0.05, 0.1) is 8.41 Å². The first-order chi connectivity index (χ1) is 3.85. The van der Waals surface area contributed by atoms with E-state index in [4.69, 9.17) is 0 Å². The maximum absolute atomic E-state index is 4.13. The Labute approximate surface area is 65.8 Å². The second-order valence-corrected chi connectivity index (χ2v) is 2.20. The summed E-state index contributed by atoms with van der Waals surface area (Å²) < 4.78 is 0. The molecule has 0 aliphatic carbocycles. The molecule has 3 heteroatoms. The molecular weight excluding hydrogens is 129 g/mol. The summed E-state index contributed by atoms with van der Waals surface area (Å²) in [5.74, 6) is 0.974. The Bertz CT molecular complexity index is 48.3. The molecule has 0 aromatic rings. The molecule has 56 valence electrons. The van der Waals surface area contributed by atoms with Gasteiger partial charge in [-0.2, -0.15) is 12.6 Å². The summed E-state index contributed by atoms with van der Waals surface area (Å²) >= 11 is 4.13. The second-order valence-electron chi connectivity index (χ2n) is 1.75. The van der Waals surface area contributed by atoms with Crippen LogP contribution in [0.2, 0.25) is 0 Å². The monoisotopic (exact) mass is 147 g/mol. The standard InChI is InChI=1S/C6H15NS.BH3/c1-3-7(4-2)5-6-8;/h8H,3-6H2,1-2H3;1H3. The molecule has 0 radical (unpaired) electrons. The molecule has 0 N–H and O–H groups in total. The Morgan fingerprint density at radius 1 is 1.22 bits per heavy atom. The molecule has 0 saturated carbocycles. The van der Waals surface area contributed by atoms with Crippen molar-refractivity contribution in [2.75, 3.05) is 25.4 Å². The molecule has 0 amide bonds. The van der Waals surface area contributed by atoms with Crippen LogP contribution in [0.25, 0.3) is 0 Å². The number of hydrogen-bond acceptors (Lipinski definition) is 2. The molecule has 0 rings (SSSR count). The van der Waals surface area contributed by atoms with Crippen LogP contribution in [0.3, 0.4) is 0 Å². The quantitative estimate of drug-likeness (QED) is 0.435. The third kappa shape index (κ3) is 6.26. The van der Waals surface area contributed by atoms with Gasteiger partial charge in [-0.05, 0) is 13.1 Å². The number of nitrogens with zero attached hydrogens (tertiary/aromatic N) is 1. The predicted molar refractivity (Wildman–Crippen MR) is 51.6 cm³/mol. The van der Waals surface area contributed by atoms with Gasteiger partial charge in [-0.3, -0.25) is 0 Å². The zero-order chi connectivity index (χ0) is 6.41. The highest BCUT2D eigenvalue weighted by molar-refractivity contribution is 7.80. The molecule has 0 unspecified atom stereocenters. The molecule has 0 aliphatic rings. The molecule has 1 nitrogen and oxygen atoms in total. The van der Waals surface area contributed by atoms with E-state index in [9.17, 15) is 0 Å². The fourth-order valence-corrected chi connectivity index (χ4v) is 0.964. The Kier molecular flexibility index (Phi) is 11.3. The van der Waals surface area contributed by atoms with Crippen LogP contribution in [0.5, 0.6) is 0 Å². The van der Waals surface area contributed by atoms with E-state index in [-0.39, 0.29) is 8.41 Å². The molecule has 0 bridgehead atoms. The topological polar surface area (TPSA) is 3.24 Å². The van der Waals surface area contributed by atoms with Gasteiger partial charge in [-0.1, -0.05) is 13.8 Å². The Hall–Kier alpha value is 0.375. The van der Waals surface area contributed by atoms with Crippen molar-refractivity contribution < 1.29 is 0 Å². The highest BCUT2D eigenvalue weighted by Gasteiger charge is 1.93. The van der Waals surface area contributed by atoms with Gasteiger partial charge in [0, 0.05) is 12.3 Å². The van der Waals surface area contributed by atoms with Gasteiger partial charge in [0.2, 0.25) is 0 Å². The van der Waals surface area contributed by atoms with Crippen LogP contribution < -0.4 is 0 Å². The van der Waals surface area contributed by atoms with E-state index in [1.54, 1.807) is 0 Å². The summed E-state index contributed by atoms with van der Waals surface area (Å²) in [6, 6.07) is 0. The molecule has 0 spiro atoms. The van der Waals surface area contributed by atoms with Gasteiger partial charge in [0.1, 0.15) is 0 Å². The van der Waals surface area contributed by atoms with Crippen molar-refractivity contribution in [2.24, 2.45) is 0 Å². The lowest BCUT2D eigenvalue weighted by molar-refractivity contribution is 0.324. The maximum Gasteiger partial charge on any atom is 0.0814 e. The molecule has 9 heavy (non-hydrogen) atoms. The normalized spacial score (nSPS) is 9.33. The van der Waals surface area contributed by atoms with E-state index in [2.05, 4.69) is 31.4 Å². The van der Waals surface area contributed by atoms with Gasteiger partial charge in [-0.15, -0.1) is 0 Å². The van der Waals surface area contributed by atoms with Crippen LogP contribution in [0.1, 0.15) is 13.8 Å². The van der Waals surface area contributed by atoms with Gasteiger partial charge in [0.15, 0.2) is 0 Å². The fourth-order valence-electron chi connectivity index (χ4n) is 0.681. The van der Waals surface area contributed by atoms with E-state index < -0.39 is 0 Å². The Balaban J connectivity index is 0. The summed E-state index contributed by atoms with van der Waals surface area (Å²) in [5, 5.41) is 0. The first kappa shape index (κ1) is 12.1.